The molecule has 1 aromatic carbocycles. The standard InChI is InChI=1S/C16H22N2O6/c1-16(2,3)24-15(22)18-13(14(20)21)10-5-7-11(8-6-10)23-9-12(19)17-4/h5-8,13H,9H2,1-4H3,(H,17,19)(H,18,22)(H,20,21)/t13-/m1/s1. The molecule has 3 N–H and O–H groups in total. The lowest BCUT2D eigenvalue weighted by Crippen LogP contribution is -2.38. The zero-order valence-corrected chi connectivity index (χ0v) is 14.1. The lowest BCUT2D eigenvalue weighted by molar-refractivity contribution is -0.139. The van der Waals surface area contributed by atoms with Gasteiger partial charge in [-0.3, -0.25) is 4.79 Å². The molecule has 0 saturated carbocycles. The molecule has 0 heterocycles. The van der Waals surface area contributed by atoms with Crippen molar-refractivity contribution in [2.24, 2.45) is 0 Å². The Morgan fingerprint density at radius 3 is 2.21 bits per heavy atom. The summed E-state index contributed by atoms with van der Waals surface area (Å²) in [5.41, 5.74) is -0.384. The number of alkyl carbamates (subject to hydrolysis) is 1. The second-order valence-corrected chi connectivity index (χ2v) is 5.95. The largest absolute Gasteiger partial charge is 0.484 e. The molecule has 0 fully saturated rings. The van der Waals surface area contributed by atoms with E-state index < -0.39 is 23.7 Å². The Morgan fingerprint density at radius 2 is 1.75 bits per heavy atom. The van der Waals surface area contributed by atoms with Crippen LogP contribution in [-0.2, 0) is 14.3 Å². The summed E-state index contributed by atoms with van der Waals surface area (Å²) >= 11 is 0. The molecule has 8 heteroatoms. The van der Waals surface area contributed by atoms with Gasteiger partial charge in [-0.1, -0.05) is 12.1 Å². The molecule has 0 aromatic heterocycles. The van der Waals surface area contributed by atoms with E-state index in [4.69, 9.17) is 9.47 Å². The first-order valence-electron chi connectivity index (χ1n) is 7.28. The average Bonchev–Trinajstić information content (AvgIpc) is 2.49. The van der Waals surface area contributed by atoms with Crippen LogP contribution in [0.3, 0.4) is 0 Å². The quantitative estimate of drug-likeness (QED) is 0.723. The fourth-order valence-electron chi connectivity index (χ4n) is 1.69. The minimum absolute atomic E-state index is 0.144. The fraction of sp³-hybridized carbons (Fsp3) is 0.438. The van der Waals surface area contributed by atoms with E-state index in [1.807, 2.05) is 0 Å². The lowest BCUT2D eigenvalue weighted by atomic mass is 10.1. The minimum atomic E-state index is -1.26. The summed E-state index contributed by atoms with van der Waals surface area (Å²) < 4.78 is 10.3. The van der Waals surface area contributed by atoms with Crippen molar-refractivity contribution in [3.63, 3.8) is 0 Å². The first-order chi connectivity index (χ1) is 11.1. The predicted molar refractivity (Wildman–Crippen MR) is 85.8 cm³/mol. The number of aliphatic carboxylic acids is 1. The number of amides is 2. The number of rotatable bonds is 6. The number of likely N-dealkylation sites (N-methyl/N-ethyl adjacent to an activating group) is 1. The Kier molecular flexibility index (Phi) is 6.58. The van der Waals surface area contributed by atoms with E-state index >= 15 is 0 Å². The van der Waals surface area contributed by atoms with Crippen molar-refractivity contribution in [2.75, 3.05) is 13.7 Å². The Balaban J connectivity index is 2.77. The van der Waals surface area contributed by atoms with Crippen LogP contribution in [0.5, 0.6) is 5.75 Å². The van der Waals surface area contributed by atoms with Crippen LogP contribution in [0.4, 0.5) is 4.79 Å². The highest BCUT2D eigenvalue weighted by Gasteiger charge is 2.25. The normalized spacial score (nSPS) is 12.0. The van der Waals surface area contributed by atoms with Gasteiger partial charge in [0.25, 0.3) is 5.91 Å². The number of carboxylic acids is 1. The molecule has 0 aliphatic carbocycles. The third-order valence-corrected chi connectivity index (χ3v) is 2.77. The number of hydrogen-bond donors (Lipinski definition) is 3. The number of carbonyl (C=O) groups excluding carboxylic acids is 2. The SMILES string of the molecule is CNC(=O)COc1ccc([C@@H](NC(=O)OC(C)(C)C)C(=O)O)cc1. The average molecular weight is 338 g/mol. The van der Waals surface area contributed by atoms with Crippen LogP contribution in [0.15, 0.2) is 24.3 Å². The topological polar surface area (TPSA) is 114 Å². The maximum Gasteiger partial charge on any atom is 0.408 e. The van der Waals surface area contributed by atoms with Gasteiger partial charge in [0.05, 0.1) is 0 Å². The van der Waals surface area contributed by atoms with Crippen molar-refractivity contribution < 1.29 is 29.0 Å². The Morgan fingerprint density at radius 1 is 1.17 bits per heavy atom. The van der Waals surface area contributed by atoms with E-state index in [-0.39, 0.29) is 12.5 Å². The number of carbonyl (C=O) groups is 3. The highest BCUT2D eigenvalue weighted by molar-refractivity contribution is 5.81. The van der Waals surface area contributed by atoms with Gasteiger partial charge in [-0.2, -0.15) is 0 Å². The van der Waals surface area contributed by atoms with Gasteiger partial charge < -0.3 is 25.2 Å². The van der Waals surface area contributed by atoms with E-state index in [1.165, 1.54) is 31.3 Å². The van der Waals surface area contributed by atoms with Gasteiger partial charge >= 0.3 is 12.1 Å². The van der Waals surface area contributed by atoms with Gasteiger partial charge in [0.15, 0.2) is 12.6 Å². The lowest BCUT2D eigenvalue weighted by Gasteiger charge is -2.22. The Bertz CT molecular complexity index is 592. The van der Waals surface area contributed by atoms with Crippen LogP contribution in [0, 0.1) is 0 Å². The van der Waals surface area contributed by atoms with E-state index in [1.54, 1.807) is 20.8 Å². The van der Waals surface area contributed by atoms with Gasteiger partial charge in [0, 0.05) is 7.05 Å². The fourth-order valence-corrected chi connectivity index (χ4v) is 1.69. The van der Waals surface area contributed by atoms with E-state index in [0.717, 1.165) is 0 Å². The van der Waals surface area contributed by atoms with Crippen LogP contribution in [0.2, 0.25) is 0 Å². The molecular formula is C16H22N2O6. The smallest absolute Gasteiger partial charge is 0.408 e. The molecule has 0 aliphatic rings. The van der Waals surface area contributed by atoms with Crippen LogP contribution < -0.4 is 15.4 Å². The number of nitrogens with one attached hydrogen (secondary N) is 2. The van der Waals surface area contributed by atoms with Gasteiger partial charge in [-0.15, -0.1) is 0 Å². The maximum absolute atomic E-state index is 11.8. The number of benzene rings is 1. The summed E-state index contributed by atoms with van der Waals surface area (Å²) in [5.74, 6) is -1.10. The summed E-state index contributed by atoms with van der Waals surface area (Å²) in [6.45, 7) is 4.90. The van der Waals surface area contributed by atoms with E-state index in [9.17, 15) is 19.5 Å². The minimum Gasteiger partial charge on any atom is -0.484 e. The second-order valence-electron chi connectivity index (χ2n) is 5.95. The van der Waals surface area contributed by atoms with Crippen molar-refractivity contribution >= 4 is 18.0 Å². The molecule has 8 nitrogen and oxygen atoms in total. The van der Waals surface area contributed by atoms with Crippen molar-refractivity contribution in [1.82, 2.24) is 10.6 Å². The van der Waals surface area contributed by atoms with Gasteiger partial charge in [0.2, 0.25) is 0 Å². The monoisotopic (exact) mass is 338 g/mol. The third kappa shape index (κ3) is 6.55. The zero-order chi connectivity index (χ0) is 18.3. The second kappa shape index (κ2) is 8.19. The first kappa shape index (κ1) is 19.3. The number of carboxylic acid groups (broad SMARTS) is 1. The molecule has 0 unspecified atom stereocenters. The Labute approximate surface area is 140 Å². The zero-order valence-electron chi connectivity index (χ0n) is 14.1. The molecular weight excluding hydrogens is 316 g/mol. The highest BCUT2D eigenvalue weighted by atomic mass is 16.6. The summed E-state index contributed by atoms with van der Waals surface area (Å²) in [7, 11) is 1.49. The van der Waals surface area contributed by atoms with Crippen molar-refractivity contribution in [1.29, 1.82) is 0 Å². The van der Waals surface area contributed by atoms with Crippen molar-refractivity contribution in [3.05, 3.63) is 29.8 Å². The van der Waals surface area contributed by atoms with Crippen LogP contribution >= 0.6 is 0 Å². The molecule has 132 valence electrons. The molecule has 0 bridgehead atoms. The van der Waals surface area contributed by atoms with Gasteiger partial charge in [0.1, 0.15) is 11.4 Å². The maximum atomic E-state index is 11.8. The van der Waals surface area contributed by atoms with Crippen LogP contribution in [0.25, 0.3) is 0 Å². The molecule has 1 atom stereocenters. The highest BCUT2D eigenvalue weighted by Crippen LogP contribution is 2.19. The van der Waals surface area contributed by atoms with Crippen molar-refractivity contribution in [2.45, 2.75) is 32.4 Å². The summed E-state index contributed by atoms with van der Waals surface area (Å²) in [4.78, 5) is 34.3. The molecule has 0 saturated heterocycles. The molecule has 2 amide bonds. The number of ether oxygens (including phenoxy) is 2. The molecule has 1 aromatic rings. The molecule has 0 radical (unpaired) electrons. The van der Waals surface area contributed by atoms with E-state index in [0.29, 0.717) is 11.3 Å². The number of hydrogen-bond acceptors (Lipinski definition) is 5. The van der Waals surface area contributed by atoms with Crippen molar-refractivity contribution in [3.8, 4) is 5.75 Å². The Hall–Kier alpha value is -2.77. The predicted octanol–water partition coefficient (Wildman–Crippen LogP) is 1.46. The molecule has 0 aliphatic heterocycles. The third-order valence-electron chi connectivity index (χ3n) is 2.77. The summed E-state index contributed by atoms with van der Waals surface area (Å²) in [6, 6.07) is 4.77. The first-order valence-corrected chi connectivity index (χ1v) is 7.28. The van der Waals surface area contributed by atoms with Gasteiger partial charge in [-0.05, 0) is 38.5 Å². The van der Waals surface area contributed by atoms with Gasteiger partial charge in [-0.25, -0.2) is 9.59 Å². The molecule has 24 heavy (non-hydrogen) atoms. The van der Waals surface area contributed by atoms with E-state index in [2.05, 4.69) is 10.6 Å². The van der Waals surface area contributed by atoms with Crippen LogP contribution in [-0.4, -0.2) is 42.3 Å². The molecule has 1 rings (SSSR count). The summed E-state index contributed by atoms with van der Waals surface area (Å²) in [5, 5.41) is 14.0. The summed E-state index contributed by atoms with van der Waals surface area (Å²) in [6.07, 6.45) is -0.824. The van der Waals surface area contributed by atoms with Crippen LogP contribution in [0.1, 0.15) is 32.4 Å². The molecule has 0 spiro atoms.